The Morgan fingerprint density at radius 1 is 1.04 bits per heavy atom. The van der Waals surface area contributed by atoms with Crippen LogP contribution in [0.4, 0.5) is 16.3 Å². The van der Waals surface area contributed by atoms with E-state index in [-0.39, 0.29) is 42.2 Å². The quantitative estimate of drug-likeness (QED) is 0.0721. The van der Waals surface area contributed by atoms with Gasteiger partial charge < -0.3 is 25.6 Å². The Bertz CT molecular complexity index is 1790. The van der Waals surface area contributed by atoms with Crippen molar-refractivity contribution in [1.29, 1.82) is 0 Å². The molecule has 0 saturated carbocycles. The van der Waals surface area contributed by atoms with E-state index in [2.05, 4.69) is 15.3 Å². The highest BCUT2D eigenvalue weighted by Gasteiger charge is 2.19. The standard InChI is InChI=1S/C31H30N6O8/c1-19(2)34-29-30(40)36(26(15-33-29)23-12-24(37(42)43)14-25(38)13-23)16-27(39)44-17-21-8-10-22(11-9-21)28(32)35-31(41)45-18-20-6-4-3-5-7-20/h3-15,19,38H,16-18H2,1-2H3,(H,33,34)(H2,32,35,41). The van der Waals surface area contributed by atoms with Crippen molar-refractivity contribution in [3.05, 3.63) is 116 Å². The molecule has 232 valence electrons. The number of carbonyl (C=O) groups is 2. The maximum Gasteiger partial charge on any atom is 0.435 e. The molecule has 4 rings (SSSR count). The smallest absolute Gasteiger partial charge is 0.435 e. The van der Waals surface area contributed by atoms with Crippen molar-refractivity contribution in [3.8, 4) is 17.0 Å². The highest BCUT2D eigenvalue weighted by Crippen LogP contribution is 2.28. The number of carbonyl (C=O) groups excluding carboxylic acids is 2. The van der Waals surface area contributed by atoms with Crippen LogP contribution in [0, 0.1) is 10.1 Å². The first-order valence-electron chi connectivity index (χ1n) is 13.6. The predicted octanol–water partition coefficient (Wildman–Crippen LogP) is 4.13. The monoisotopic (exact) mass is 614 g/mol. The number of aromatic nitrogens is 2. The first-order valence-corrected chi connectivity index (χ1v) is 13.6. The molecule has 14 nitrogen and oxygen atoms in total. The molecule has 1 heterocycles. The third-order valence-corrected chi connectivity index (χ3v) is 6.24. The van der Waals surface area contributed by atoms with E-state index in [1.165, 1.54) is 12.3 Å². The number of hydrogen-bond acceptors (Lipinski definition) is 10. The fraction of sp³-hybridized carbons (Fsp3) is 0.194. The molecule has 0 aliphatic rings. The number of nitro benzene ring substituents is 1. The lowest BCUT2D eigenvalue weighted by Crippen LogP contribution is -2.31. The van der Waals surface area contributed by atoms with Crippen molar-refractivity contribution in [2.45, 2.75) is 39.6 Å². The number of non-ortho nitro benzene ring substituents is 1. The van der Waals surface area contributed by atoms with Crippen LogP contribution in [0.15, 0.2) is 88.8 Å². The lowest BCUT2D eigenvalue weighted by Gasteiger charge is -2.16. The number of esters is 1. The van der Waals surface area contributed by atoms with Crippen LogP contribution >= 0.6 is 0 Å². The van der Waals surface area contributed by atoms with Crippen molar-refractivity contribution in [2.75, 3.05) is 5.32 Å². The van der Waals surface area contributed by atoms with Gasteiger partial charge >= 0.3 is 12.1 Å². The van der Waals surface area contributed by atoms with E-state index < -0.39 is 40.5 Å². The van der Waals surface area contributed by atoms with Crippen LogP contribution in [-0.2, 0) is 34.0 Å². The molecule has 0 fully saturated rings. The number of benzene rings is 3. The van der Waals surface area contributed by atoms with Gasteiger partial charge in [-0.2, -0.15) is 4.99 Å². The van der Waals surface area contributed by atoms with Crippen LogP contribution in [0.5, 0.6) is 5.75 Å². The summed E-state index contributed by atoms with van der Waals surface area (Å²) in [5.74, 6) is -1.27. The van der Waals surface area contributed by atoms with Gasteiger partial charge in [-0.3, -0.25) is 24.3 Å². The molecule has 0 atom stereocenters. The van der Waals surface area contributed by atoms with Gasteiger partial charge in [-0.15, -0.1) is 0 Å². The van der Waals surface area contributed by atoms with E-state index in [4.69, 9.17) is 15.2 Å². The molecular formula is C31H30N6O8. The normalized spacial score (nSPS) is 11.2. The molecule has 0 unspecified atom stereocenters. The maximum absolute atomic E-state index is 13.3. The average Bonchev–Trinajstić information content (AvgIpc) is 3.01. The van der Waals surface area contributed by atoms with Gasteiger partial charge in [0.25, 0.3) is 11.2 Å². The number of amidine groups is 1. The fourth-order valence-electron chi connectivity index (χ4n) is 4.12. The molecular weight excluding hydrogens is 584 g/mol. The number of phenolic OH excluding ortho intramolecular Hbond substituents is 1. The number of phenols is 1. The van der Waals surface area contributed by atoms with E-state index in [9.17, 15) is 29.6 Å². The molecule has 0 saturated heterocycles. The minimum absolute atomic E-state index is 0.0324. The second kappa shape index (κ2) is 14.4. The zero-order chi connectivity index (χ0) is 32.5. The number of nitro groups is 1. The Hall–Kier alpha value is -6.05. The molecule has 3 aromatic carbocycles. The first kappa shape index (κ1) is 31.9. The Morgan fingerprint density at radius 2 is 1.71 bits per heavy atom. The highest BCUT2D eigenvalue weighted by atomic mass is 16.6. The van der Waals surface area contributed by atoms with Gasteiger partial charge in [0, 0.05) is 23.2 Å². The number of nitrogens with zero attached hydrogens (tertiary/aromatic N) is 4. The zero-order valence-electron chi connectivity index (χ0n) is 24.4. The number of amides is 1. The second-order valence-corrected chi connectivity index (χ2v) is 10.1. The lowest BCUT2D eigenvalue weighted by molar-refractivity contribution is -0.384. The van der Waals surface area contributed by atoms with Crippen molar-refractivity contribution in [2.24, 2.45) is 10.7 Å². The molecule has 1 aromatic heterocycles. The van der Waals surface area contributed by atoms with Gasteiger partial charge in [0.15, 0.2) is 5.82 Å². The second-order valence-electron chi connectivity index (χ2n) is 10.1. The van der Waals surface area contributed by atoms with E-state index in [0.29, 0.717) is 11.1 Å². The minimum Gasteiger partial charge on any atom is -0.508 e. The number of aliphatic imine (C=N–C) groups is 1. The van der Waals surface area contributed by atoms with Gasteiger partial charge in [-0.05, 0) is 31.0 Å². The van der Waals surface area contributed by atoms with E-state index in [1.807, 2.05) is 30.3 Å². The summed E-state index contributed by atoms with van der Waals surface area (Å²) in [6.07, 6.45) is 0.437. The van der Waals surface area contributed by atoms with Gasteiger partial charge in [0.05, 0.1) is 22.9 Å². The van der Waals surface area contributed by atoms with Crippen LogP contribution in [0.1, 0.15) is 30.5 Å². The zero-order valence-corrected chi connectivity index (χ0v) is 24.4. The Labute approximate surface area is 256 Å². The molecule has 0 spiro atoms. The summed E-state index contributed by atoms with van der Waals surface area (Å²) in [5, 5.41) is 24.3. The van der Waals surface area contributed by atoms with E-state index in [0.717, 1.165) is 22.3 Å². The van der Waals surface area contributed by atoms with Gasteiger partial charge in [0.1, 0.15) is 31.3 Å². The number of hydrogen-bond donors (Lipinski definition) is 3. The number of rotatable bonds is 11. The van der Waals surface area contributed by atoms with Gasteiger partial charge in [-0.1, -0.05) is 54.6 Å². The summed E-state index contributed by atoms with van der Waals surface area (Å²) in [6.45, 7) is 2.95. The van der Waals surface area contributed by atoms with Crippen LogP contribution in [0.2, 0.25) is 0 Å². The summed E-state index contributed by atoms with van der Waals surface area (Å²) in [5.41, 5.74) is 6.88. The lowest BCUT2D eigenvalue weighted by atomic mass is 10.1. The molecule has 0 radical (unpaired) electrons. The van der Waals surface area contributed by atoms with Crippen LogP contribution in [0.3, 0.4) is 0 Å². The predicted molar refractivity (Wildman–Crippen MR) is 165 cm³/mol. The third-order valence-electron chi connectivity index (χ3n) is 6.24. The van der Waals surface area contributed by atoms with Crippen molar-refractivity contribution in [1.82, 2.24) is 9.55 Å². The number of aromatic hydroxyl groups is 1. The van der Waals surface area contributed by atoms with E-state index in [1.54, 1.807) is 38.1 Å². The first-order chi connectivity index (χ1) is 21.5. The fourth-order valence-corrected chi connectivity index (χ4v) is 4.12. The number of anilines is 1. The largest absolute Gasteiger partial charge is 0.508 e. The average molecular weight is 615 g/mol. The highest BCUT2D eigenvalue weighted by molar-refractivity contribution is 6.02. The molecule has 0 bridgehead atoms. The van der Waals surface area contributed by atoms with Crippen LogP contribution in [-0.4, -0.2) is 43.5 Å². The summed E-state index contributed by atoms with van der Waals surface area (Å²) in [6, 6.07) is 18.7. The minimum atomic E-state index is -0.841. The molecule has 1 amide bonds. The van der Waals surface area contributed by atoms with Crippen LogP contribution < -0.4 is 16.6 Å². The van der Waals surface area contributed by atoms with E-state index >= 15 is 0 Å². The molecule has 14 heteroatoms. The molecule has 0 aliphatic carbocycles. The van der Waals surface area contributed by atoms with Crippen molar-refractivity contribution < 1.29 is 29.1 Å². The summed E-state index contributed by atoms with van der Waals surface area (Å²) in [4.78, 5) is 56.7. The molecule has 4 aromatic rings. The topological polar surface area (TPSA) is 201 Å². The number of nitrogens with two attached hydrogens (primary N) is 1. The van der Waals surface area contributed by atoms with Crippen LogP contribution in [0.25, 0.3) is 11.3 Å². The number of ether oxygens (including phenoxy) is 2. The van der Waals surface area contributed by atoms with Crippen molar-refractivity contribution in [3.63, 3.8) is 0 Å². The summed E-state index contributed by atoms with van der Waals surface area (Å²) >= 11 is 0. The Kier molecular flexibility index (Phi) is 10.2. The molecule has 4 N–H and O–H groups in total. The third kappa shape index (κ3) is 8.73. The SMILES string of the molecule is CC(C)Nc1ncc(-c2cc(O)cc([N+](=O)[O-])c2)n(CC(=O)OCc2ccc(/C(N)=N/C(=O)OCc3ccccc3)cc2)c1=O. The molecule has 0 aliphatic heterocycles. The Balaban J connectivity index is 1.45. The summed E-state index contributed by atoms with van der Waals surface area (Å²) in [7, 11) is 0. The van der Waals surface area contributed by atoms with Gasteiger partial charge in [-0.25, -0.2) is 9.78 Å². The maximum atomic E-state index is 13.3. The Morgan fingerprint density at radius 3 is 2.38 bits per heavy atom. The molecule has 45 heavy (non-hydrogen) atoms. The van der Waals surface area contributed by atoms with Crippen molar-refractivity contribution >= 4 is 29.4 Å². The summed E-state index contributed by atoms with van der Waals surface area (Å²) < 4.78 is 11.6. The van der Waals surface area contributed by atoms with Gasteiger partial charge in [0.2, 0.25) is 0 Å². The number of nitrogens with one attached hydrogen (secondary N) is 1.